The molecule has 26 heavy (non-hydrogen) atoms. The molecule has 3 heterocycles. The van der Waals surface area contributed by atoms with Crippen LogP contribution in [0.5, 0.6) is 0 Å². The Labute approximate surface area is 154 Å². The highest BCUT2D eigenvalue weighted by atomic mass is 16.5. The Morgan fingerprint density at radius 3 is 2.54 bits per heavy atom. The van der Waals surface area contributed by atoms with Crippen molar-refractivity contribution in [3.05, 3.63) is 18.3 Å². The molecule has 2 fully saturated rings. The van der Waals surface area contributed by atoms with Gasteiger partial charge in [-0.05, 0) is 31.4 Å². The van der Waals surface area contributed by atoms with E-state index in [-0.39, 0.29) is 17.7 Å². The van der Waals surface area contributed by atoms with E-state index in [1.165, 1.54) is 0 Å². The molecule has 0 saturated carbocycles. The Morgan fingerprint density at radius 2 is 1.92 bits per heavy atom. The van der Waals surface area contributed by atoms with E-state index in [0.717, 1.165) is 57.1 Å². The molecule has 0 unspecified atom stereocenters. The third-order valence-corrected chi connectivity index (χ3v) is 5.03. The van der Waals surface area contributed by atoms with Crippen LogP contribution in [-0.4, -0.2) is 61.1 Å². The molecule has 0 radical (unpaired) electrons. The Hall–Kier alpha value is -2.15. The molecular formula is C19H28N4O3. The van der Waals surface area contributed by atoms with Gasteiger partial charge in [0, 0.05) is 38.5 Å². The number of nitrogens with one attached hydrogen (secondary N) is 1. The van der Waals surface area contributed by atoms with Gasteiger partial charge in [-0.2, -0.15) is 0 Å². The molecule has 1 N–H and O–H groups in total. The maximum absolute atomic E-state index is 12.5. The lowest BCUT2D eigenvalue weighted by molar-refractivity contribution is -0.134. The second kappa shape index (κ2) is 8.98. The molecule has 1 aromatic rings. The topological polar surface area (TPSA) is 74.8 Å². The summed E-state index contributed by atoms with van der Waals surface area (Å²) in [6, 6.07) is 3.84. The average molecular weight is 360 g/mol. The van der Waals surface area contributed by atoms with E-state index in [1.807, 2.05) is 24.0 Å². The summed E-state index contributed by atoms with van der Waals surface area (Å²) in [6.07, 6.45) is 4.62. The van der Waals surface area contributed by atoms with Crippen LogP contribution in [0.1, 0.15) is 32.6 Å². The normalized spacial score (nSPS) is 18.7. The van der Waals surface area contributed by atoms with Gasteiger partial charge in [-0.25, -0.2) is 4.98 Å². The minimum atomic E-state index is -0.0420. The molecule has 0 atom stereocenters. The Bertz CT molecular complexity index is 606. The zero-order chi connectivity index (χ0) is 18.4. The molecule has 2 amide bonds. The number of rotatable bonds is 5. The van der Waals surface area contributed by atoms with Crippen molar-refractivity contribution in [1.82, 2.24) is 9.88 Å². The second-order valence-electron chi connectivity index (χ2n) is 6.90. The van der Waals surface area contributed by atoms with Gasteiger partial charge in [0.2, 0.25) is 11.8 Å². The lowest BCUT2D eigenvalue weighted by atomic mass is 9.95. The van der Waals surface area contributed by atoms with E-state index >= 15 is 0 Å². The van der Waals surface area contributed by atoms with E-state index in [1.54, 1.807) is 6.20 Å². The lowest BCUT2D eigenvalue weighted by Crippen LogP contribution is -2.41. The molecule has 0 aromatic carbocycles. The van der Waals surface area contributed by atoms with Crippen molar-refractivity contribution in [3.63, 3.8) is 0 Å². The predicted molar refractivity (Wildman–Crippen MR) is 100 cm³/mol. The number of pyridine rings is 1. The number of amides is 2. The highest BCUT2D eigenvalue weighted by molar-refractivity contribution is 5.92. The standard InChI is InChI=1S/C19H28N4O3/c1-2-3-18(24)23-8-6-15(7-9-23)19(25)21-16-4-5-17(20-14-16)22-10-12-26-13-11-22/h4-5,14-15H,2-3,6-13H2,1H3,(H,21,25). The van der Waals surface area contributed by atoms with Crippen molar-refractivity contribution < 1.29 is 14.3 Å². The van der Waals surface area contributed by atoms with Gasteiger partial charge in [-0.3, -0.25) is 9.59 Å². The average Bonchev–Trinajstić information content (AvgIpc) is 2.69. The van der Waals surface area contributed by atoms with E-state index in [4.69, 9.17) is 4.74 Å². The zero-order valence-corrected chi connectivity index (χ0v) is 15.4. The zero-order valence-electron chi connectivity index (χ0n) is 15.4. The van der Waals surface area contributed by atoms with Gasteiger partial charge < -0.3 is 19.9 Å². The number of anilines is 2. The molecule has 142 valence electrons. The van der Waals surface area contributed by atoms with Crippen molar-refractivity contribution >= 4 is 23.3 Å². The van der Waals surface area contributed by atoms with Crippen molar-refractivity contribution in [1.29, 1.82) is 0 Å². The summed E-state index contributed by atoms with van der Waals surface area (Å²) >= 11 is 0. The number of carbonyl (C=O) groups excluding carboxylic acids is 2. The van der Waals surface area contributed by atoms with Crippen molar-refractivity contribution in [2.24, 2.45) is 5.92 Å². The maximum Gasteiger partial charge on any atom is 0.227 e. The van der Waals surface area contributed by atoms with Crippen LogP contribution in [0.3, 0.4) is 0 Å². The number of morpholine rings is 1. The van der Waals surface area contributed by atoms with Gasteiger partial charge in [-0.15, -0.1) is 0 Å². The quantitative estimate of drug-likeness (QED) is 0.868. The molecular weight excluding hydrogens is 332 g/mol. The van der Waals surface area contributed by atoms with Crippen LogP contribution in [-0.2, 0) is 14.3 Å². The van der Waals surface area contributed by atoms with Gasteiger partial charge >= 0.3 is 0 Å². The molecule has 0 bridgehead atoms. The summed E-state index contributed by atoms with van der Waals surface area (Å²) in [6.45, 7) is 6.48. The third kappa shape index (κ3) is 4.72. The highest BCUT2D eigenvalue weighted by Gasteiger charge is 2.27. The largest absolute Gasteiger partial charge is 0.378 e. The number of hydrogen-bond donors (Lipinski definition) is 1. The number of hydrogen-bond acceptors (Lipinski definition) is 5. The first-order chi connectivity index (χ1) is 12.7. The van der Waals surface area contributed by atoms with Gasteiger partial charge in [0.05, 0.1) is 25.1 Å². The van der Waals surface area contributed by atoms with Gasteiger partial charge in [-0.1, -0.05) is 6.92 Å². The predicted octanol–water partition coefficient (Wildman–Crippen LogP) is 1.90. The molecule has 7 heteroatoms. The summed E-state index contributed by atoms with van der Waals surface area (Å²) in [7, 11) is 0. The molecule has 0 spiro atoms. The van der Waals surface area contributed by atoms with E-state index in [0.29, 0.717) is 19.5 Å². The number of nitrogens with zero attached hydrogens (tertiary/aromatic N) is 3. The summed E-state index contributed by atoms with van der Waals surface area (Å²) in [4.78, 5) is 32.9. The van der Waals surface area contributed by atoms with Crippen LogP contribution in [0.25, 0.3) is 0 Å². The van der Waals surface area contributed by atoms with Crippen molar-refractivity contribution in [2.45, 2.75) is 32.6 Å². The number of piperidine rings is 1. The fraction of sp³-hybridized carbons (Fsp3) is 0.632. The SMILES string of the molecule is CCCC(=O)N1CCC(C(=O)Nc2ccc(N3CCOCC3)nc2)CC1. The van der Waals surface area contributed by atoms with Crippen LogP contribution in [0, 0.1) is 5.92 Å². The third-order valence-electron chi connectivity index (χ3n) is 5.03. The lowest BCUT2D eigenvalue weighted by Gasteiger charge is -2.31. The van der Waals surface area contributed by atoms with Crippen LogP contribution in [0.15, 0.2) is 18.3 Å². The molecule has 0 aliphatic carbocycles. The van der Waals surface area contributed by atoms with E-state index in [9.17, 15) is 9.59 Å². The number of ether oxygens (including phenoxy) is 1. The highest BCUT2D eigenvalue weighted by Crippen LogP contribution is 2.21. The fourth-order valence-electron chi connectivity index (χ4n) is 3.45. The Balaban J connectivity index is 1.48. The Kier molecular flexibility index (Phi) is 6.44. The summed E-state index contributed by atoms with van der Waals surface area (Å²) < 4.78 is 5.35. The van der Waals surface area contributed by atoms with Crippen molar-refractivity contribution in [2.75, 3.05) is 49.6 Å². The van der Waals surface area contributed by atoms with Crippen LogP contribution in [0.4, 0.5) is 11.5 Å². The minimum Gasteiger partial charge on any atom is -0.378 e. The summed E-state index contributed by atoms with van der Waals surface area (Å²) in [5.41, 5.74) is 0.719. The first kappa shape index (κ1) is 18.6. The molecule has 2 saturated heterocycles. The monoisotopic (exact) mass is 360 g/mol. The fourth-order valence-corrected chi connectivity index (χ4v) is 3.45. The number of likely N-dealkylation sites (tertiary alicyclic amines) is 1. The van der Waals surface area contributed by atoms with Gasteiger partial charge in [0.1, 0.15) is 5.82 Å². The molecule has 1 aromatic heterocycles. The number of aromatic nitrogens is 1. The molecule has 2 aliphatic heterocycles. The second-order valence-corrected chi connectivity index (χ2v) is 6.90. The smallest absolute Gasteiger partial charge is 0.227 e. The summed E-state index contributed by atoms with van der Waals surface area (Å²) in [5.74, 6) is 1.09. The van der Waals surface area contributed by atoms with Crippen molar-refractivity contribution in [3.8, 4) is 0 Å². The van der Waals surface area contributed by atoms with Gasteiger partial charge in [0.15, 0.2) is 0 Å². The van der Waals surface area contributed by atoms with Crippen LogP contribution >= 0.6 is 0 Å². The maximum atomic E-state index is 12.5. The van der Waals surface area contributed by atoms with E-state index in [2.05, 4.69) is 15.2 Å². The van der Waals surface area contributed by atoms with E-state index < -0.39 is 0 Å². The Morgan fingerprint density at radius 1 is 1.19 bits per heavy atom. The van der Waals surface area contributed by atoms with Crippen LogP contribution < -0.4 is 10.2 Å². The molecule has 7 nitrogen and oxygen atoms in total. The minimum absolute atomic E-state index is 0.0218. The van der Waals surface area contributed by atoms with Crippen LogP contribution in [0.2, 0.25) is 0 Å². The van der Waals surface area contributed by atoms with Gasteiger partial charge in [0.25, 0.3) is 0 Å². The number of carbonyl (C=O) groups is 2. The molecule has 3 rings (SSSR count). The first-order valence-electron chi connectivity index (χ1n) is 9.54. The summed E-state index contributed by atoms with van der Waals surface area (Å²) in [5, 5.41) is 2.96. The molecule has 2 aliphatic rings. The first-order valence-corrected chi connectivity index (χ1v) is 9.54.